The molecular formula is C13H15FN4. The van der Waals surface area contributed by atoms with Crippen LogP contribution in [0, 0.1) is 11.7 Å². The summed E-state index contributed by atoms with van der Waals surface area (Å²) < 4.78 is 14.8. The van der Waals surface area contributed by atoms with Gasteiger partial charge in [-0.05, 0) is 23.6 Å². The van der Waals surface area contributed by atoms with Gasteiger partial charge in [0.25, 0.3) is 0 Å². The lowest BCUT2D eigenvalue weighted by Gasteiger charge is -2.29. The highest BCUT2D eigenvalue weighted by molar-refractivity contribution is 5.24. The van der Waals surface area contributed by atoms with Gasteiger partial charge in [0.05, 0.1) is 6.54 Å². The number of aromatic nitrogens is 3. The minimum absolute atomic E-state index is 0.201. The summed E-state index contributed by atoms with van der Waals surface area (Å²) in [5, 5.41) is 4.19. The van der Waals surface area contributed by atoms with Crippen molar-refractivity contribution in [3.8, 4) is 0 Å². The van der Waals surface area contributed by atoms with E-state index in [-0.39, 0.29) is 5.82 Å². The number of nitrogens with zero attached hydrogens (tertiary/aromatic N) is 3. The molecule has 94 valence electrons. The Morgan fingerprint density at radius 2 is 2.06 bits per heavy atom. The molecule has 0 saturated heterocycles. The van der Waals surface area contributed by atoms with E-state index in [1.807, 2.05) is 16.8 Å². The summed E-state index contributed by atoms with van der Waals surface area (Å²) in [5.41, 5.74) is 6.76. The summed E-state index contributed by atoms with van der Waals surface area (Å²) in [6.45, 7) is 2.94. The van der Waals surface area contributed by atoms with Crippen molar-refractivity contribution in [2.45, 2.75) is 25.8 Å². The van der Waals surface area contributed by atoms with E-state index >= 15 is 0 Å². The van der Waals surface area contributed by atoms with Crippen LogP contribution in [0.1, 0.15) is 24.2 Å². The van der Waals surface area contributed by atoms with Gasteiger partial charge in [-0.2, -0.15) is 4.98 Å². The number of nitrogen functional groups attached to an aromatic ring is 1. The summed E-state index contributed by atoms with van der Waals surface area (Å²) in [5.74, 6) is 1.86. The Bertz CT molecular complexity index is 561. The fourth-order valence-corrected chi connectivity index (χ4v) is 2.63. The third kappa shape index (κ3) is 1.85. The van der Waals surface area contributed by atoms with E-state index in [1.165, 1.54) is 12.1 Å². The van der Waals surface area contributed by atoms with Crippen molar-refractivity contribution in [2.75, 3.05) is 5.73 Å². The van der Waals surface area contributed by atoms with Gasteiger partial charge in [-0.25, -0.2) is 9.07 Å². The average molecular weight is 246 g/mol. The van der Waals surface area contributed by atoms with Crippen LogP contribution in [0.4, 0.5) is 10.3 Å². The van der Waals surface area contributed by atoms with E-state index in [0.29, 0.717) is 17.8 Å². The van der Waals surface area contributed by atoms with Gasteiger partial charge in [0.1, 0.15) is 11.6 Å². The second-order valence-electron chi connectivity index (χ2n) is 4.91. The Hall–Kier alpha value is -1.91. The fraction of sp³-hybridized carbons (Fsp3) is 0.385. The Morgan fingerprint density at radius 1 is 1.33 bits per heavy atom. The van der Waals surface area contributed by atoms with E-state index in [1.54, 1.807) is 0 Å². The first-order valence-electron chi connectivity index (χ1n) is 6.08. The maximum absolute atomic E-state index is 12.9. The molecule has 1 aromatic heterocycles. The molecule has 0 radical (unpaired) electrons. The van der Waals surface area contributed by atoms with E-state index in [9.17, 15) is 4.39 Å². The van der Waals surface area contributed by atoms with Gasteiger partial charge < -0.3 is 5.73 Å². The average Bonchev–Trinajstić information content (AvgIpc) is 2.68. The quantitative estimate of drug-likeness (QED) is 0.837. The van der Waals surface area contributed by atoms with Gasteiger partial charge in [-0.1, -0.05) is 19.1 Å². The van der Waals surface area contributed by atoms with Crippen LogP contribution in [-0.2, 0) is 13.0 Å². The number of halogens is 1. The summed E-state index contributed by atoms with van der Waals surface area (Å²) in [6, 6.07) is 6.71. The van der Waals surface area contributed by atoms with Crippen LogP contribution >= 0.6 is 0 Å². The van der Waals surface area contributed by atoms with E-state index in [4.69, 9.17) is 5.73 Å². The summed E-state index contributed by atoms with van der Waals surface area (Å²) >= 11 is 0. The van der Waals surface area contributed by atoms with E-state index in [0.717, 1.165) is 24.4 Å². The Balaban J connectivity index is 1.92. The van der Waals surface area contributed by atoms with Crippen LogP contribution in [0.2, 0.25) is 0 Å². The van der Waals surface area contributed by atoms with Crippen molar-refractivity contribution in [2.24, 2.45) is 5.92 Å². The predicted octanol–water partition coefficient (Wildman–Crippen LogP) is 1.98. The zero-order chi connectivity index (χ0) is 12.7. The SMILES string of the molecule is CC1Cc2nc(N)nn2CC1c1ccc(F)cc1. The largest absolute Gasteiger partial charge is 0.366 e. The van der Waals surface area contributed by atoms with Crippen molar-refractivity contribution in [1.82, 2.24) is 14.8 Å². The predicted molar refractivity (Wildman–Crippen MR) is 66.4 cm³/mol. The molecule has 1 aliphatic rings. The lowest BCUT2D eigenvalue weighted by molar-refractivity contribution is 0.330. The minimum Gasteiger partial charge on any atom is -0.366 e. The number of fused-ring (bicyclic) bond motifs is 1. The second kappa shape index (κ2) is 4.08. The molecule has 0 spiro atoms. The lowest BCUT2D eigenvalue weighted by atomic mass is 9.83. The number of rotatable bonds is 1. The first-order chi connectivity index (χ1) is 8.63. The molecule has 0 amide bonds. The van der Waals surface area contributed by atoms with Crippen molar-refractivity contribution < 1.29 is 4.39 Å². The summed E-state index contributed by atoms with van der Waals surface area (Å²) in [7, 11) is 0. The van der Waals surface area contributed by atoms with Crippen molar-refractivity contribution in [3.63, 3.8) is 0 Å². The third-order valence-corrected chi connectivity index (χ3v) is 3.62. The van der Waals surface area contributed by atoms with Gasteiger partial charge in [0.15, 0.2) is 0 Å². The normalized spacial score (nSPS) is 22.8. The molecule has 2 heterocycles. The van der Waals surface area contributed by atoms with Crippen LogP contribution in [0.15, 0.2) is 24.3 Å². The molecule has 18 heavy (non-hydrogen) atoms. The van der Waals surface area contributed by atoms with Crippen molar-refractivity contribution in [3.05, 3.63) is 41.5 Å². The molecule has 2 atom stereocenters. The number of anilines is 1. The fourth-order valence-electron chi connectivity index (χ4n) is 2.63. The van der Waals surface area contributed by atoms with Crippen LogP contribution in [0.25, 0.3) is 0 Å². The van der Waals surface area contributed by atoms with Crippen molar-refractivity contribution in [1.29, 1.82) is 0 Å². The molecule has 0 aliphatic carbocycles. The molecule has 0 saturated carbocycles. The van der Waals surface area contributed by atoms with Gasteiger partial charge in [0, 0.05) is 12.3 Å². The first kappa shape index (κ1) is 11.2. The monoisotopic (exact) mass is 246 g/mol. The van der Waals surface area contributed by atoms with Gasteiger partial charge >= 0.3 is 0 Å². The maximum atomic E-state index is 12.9. The zero-order valence-electron chi connectivity index (χ0n) is 10.2. The molecular weight excluding hydrogens is 231 g/mol. The van der Waals surface area contributed by atoms with Gasteiger partial charge in [-0.15, -0.1) is 5.10 Å². The second-order valence-corrected chi connectivity index (χ2v) is 4.91. The highest BCUT2D eigenvalue weighted by atomic mass is 19.1. The number of hydrogen-bond acceptors (Lipinski definition) is 3. The molecule has 3 rings (SSSR count). The summed E-state index contributed by atoms with van der Waals surface area (Å²) in [6.07, 6.45) is 0.853. The molecule has 5 heteroatoms. The Kier molecular flexibility index (Phi) is 2.54. The highest BCUT2D eigenvalue weighted by Gasteiger charge is 2.28. The molecule has 0 bridgehead atoms. The van der Waals surface area contributed by atoms with E-state index in [2.05, 4.69) is 17.0 Å². The van der Waals surface area contributed by atoms with E-state index < -0.39 is 0 Å². The highest BCUT2D eigenvalue weighted by Crippen LogP contribution is 2.33. The molecule has 2 aromatic rings. The number of nitrogens with two attached hydrogens (primary N) is 1. The maximum Gasteiger partial charge on any atom is 0.239 e. The smallest absolute Gasteiger partial charge is 0.239 e. The molecule has 0 fully saturated rings. The van der Waals surface area contributed by atoms with Crippen LogP contribution in [0.5, 0.6) is 0 Å². The number of benzene rings is 1. The van der Waals surface area contributed by atoms with Crippen LogP contribution < -0.4 is 5.73 Å². The topological polar surface area (TPSA) is 56.7 Å². The van der Waals surface area contributed by atoms with Crippen LogP contribution in [0.3, 0.4) is 0 Å². The third-order valence-electron chi connectivity index (χ3n) is 3.62. The van der Waals surface area contributed by atoms with Gasteiger partial charge in [-0.3, -0.25) is 0 Å². The first-order valence-corrected chi connectivity index (χ1v) is 6.08. The molecule has 4 nitrogen and oxygen atoms in total. The Morgan fingerprint density at radius 3 is 2.78 bits per heavy atom. The lowest BCUT2D eigenvalue weighted by Crippen LogP contribution is -2.27. The molecule has 1 aliphatic heterocycles. The number of hydrogen-bond donors (Lipinski definition) is 1. The van der Waals surface area contributed by atoms with Gasteiger partial charge in [0.2, 0.25) is 5.95 Å². The standard InChI is InChI=1S/C13H15FN4/c1-8-6-12-16-13(15)17-18(12)7-11(8)9-2-4-10(14)5-3-9/h2-5,8,11H,6-7H2,1H3,(H2,15,17). The Labute approximate surface area is 105 Å². The minimum atomic E-state index is -0.201. The molecule has 2 N–H and O–H groups in total. The van der Waals surface area contributed by atoms with Crippen molar-refractivity contribution >= 4 is 5.95 Å². The molecule has 1 aromatic carbocycles. The van der Waals surface area contributed by atoms with Crippen LogP contribution in [-0.4, -0.2) is 14.8 Å². The summed E-state index contributed by atoms with van der Waals surface area (Å²) in [4.78, 5) is 4.21. The molecule has 2 unspecified atom stereocenters. The zero-order valence-corrected chi connectivity index (χ0v) is 10.2.